The van der Waals surface area contributed by atoms with Crippen LogP contribution in [0.2, 0.25) is 5.02 Å². The number of halogens is 1. The minimum atomic E-state index is -0.616. The summed E-state index contributed by atoms with van der Waals surface area (Å²) in [6.07, 6.45) is 7.61. The van der Waals surface area contributed by atoms with Crippen LogP contribution >= 0.6 is 23.4 Å². The van der Waals surface area contributed by atoms with Crippen molar-refractivity contribution in [1.82, 2.24) is 4.90 Å². The van der Waals surface area contributed by atoms with E-state index in [-0.39, 0.29) is 17.8 Å². The second-order valence-corrected chi connectivity index (χ2v) is 11.0. The van der Waals surface area contributed by atoms with Crippen molar-refractivity contribution in [2.45, 2.75) is 60.3 Å². The fourth-order valence-electron chi connectivity index (χ4n) is 6.35. The van der Waals surface area contributed by atoms with E-state index in [1.807, 2.05) is 24.3 Å². The maximum absolute atomic E-state index is 12.5. The summed E-state index contributed by atoms with van der Waals surface area (Å²) in [5.74, 6) is -0.127. The lowest BCUT2D eigenvalue weighted by Crippen LogP contribution is -2.45. The van der Waals surface area contributed by atoms with Crippen molar-refractivity contribution in [2.75, 3.05) is 13.1 Å². The van der Waals surface area contributed by atoms with Crippen LogP contribution in [-0.2, 0) is 4.79 Å². The van der Waals surface area contributed by atoms with E-state index in [2.05, 4.69) is 29.2 Å². The summed E-state index contributed by atoms with van der Waals surface area (Å²) >= 11 is 7.78. The lowest BCUT2D eigenvalue weighted by atomic mass is 9.82. The fraction of sp³-hybridized carbons (Fsp3) is 0.500. The first kappa shape index (κ1) is 21.4. The van der Waals surface area contributed by atoms with Gasteiger partial charge in [0.1, 0.15) is 0 Å². The Balaban J connectivity index is 1.45. The highest BCUT2D eigenvalue weighted by molar-refractivity contribution is 7.99. The van der Waals surface area contributed by atoms with Gasteiger partial charge in [0.15, 0.2) is 0 Å². The molecule has 2 bridgehead atoms. The van der Waals surface area contributed by atoms with E-state index >= 15 is 0 Å². The standard InChI is InChI=1S/C26H30ClNO2S/c27-19-10-12-21(13-11-19)31-23-9-5-4-8-22(23)24-17-14-18(25(24)26(29)30)16-28(15-17)20-6-2-1-3-7-20/h4-5,8-13,17-18,20,24-25H,1-3,6-7,14-16H2,(H,29,30)/t17-,18+,24+,25-/m1/s1. The SMILES string of the molecule is O=C(O)[C@@H]1[C@H]2C[C@H](CN(C3CCCCC3)C2)[C@H]1c1ccccc1Sc1ccc(Cl)cc1. The molecule has 164 valence electrons. The van der Waals surface area contributed by atoms with Gasteiger partial charge in [-0.15, -0.1) is 0 Å². The largest absolute Gasteiger partial charge is 0.481 e. The van der Waals surface area contributed by atoms with Crippen LogP contribution in [0.3, 0.4) is 0 Å². The molecule has 5 rings (SSSR count). The molecule has 3 nitrogen and oxygen atoms in total. The maximum atomic E-state index is 12.5. The second kappa shape index (κ2) is 9.17. The average molecular weight is 456 g/mol. The van der Waals surface area contributed by atoms with Crippen LogP contribution in [0, 0.1) is 17.8 Å². The summed E-state index contributed by atoms with van der Waals surface area (Å²) in [7, 11) is 0. The Morgan fingerprint density at radius 2 is 1.68 bits per heavy atom. The monoisotopic (exact) mass is 455 g/mol. The summed E-state index contributed by atoms with van der Waals surface area (Å²) in [6, 6.07) is 17.0. The molecular formula is C26H30ClNO2S. The number of hydrogen-bond acceptors (Lipinski definition) is 3. The van der Waals surface area contributed by atoms with Gasteiger partial charge in [-0.25, -0.2) is 0 Å². The molecule has 2 saturated carbocycles. The van der Waals surface area contributed by atoms with Crippen molar-refractivity contribution < 1.29 is 9.90 Å². The van der Waals surface area contributed by atoms with E-state index < -0.39 is 5.97 Å². The first-order valence-electron chi connectivity index (χ1n) is 11.6. The summed E-state index contributed by atoms with van der Waals surface area (Å²) in [6.45, 7) is 2.01. The van der Waals surface area contributed by atoms with Crippen molar-refractivity contribution >= 4 is 29.3 Å². The van der Waals surface area contributed by atoms with Gasteiger partial charge in [-0.05, 0) is 67.0 Å². The number of piperidine rings is 1. The number of aliphatic carboxylic acids is 1. The highest BCUT2D eigenvalue weighted by atomic mass is 35.5. The molecule has 2 aliphatic carbocycles. The van der Waals surface area contributed by atoms with Crippen LogP contribution in [0.15, 0.2) is 58.3 Å². The highest BCUT2D eigenvalue weighted by Gasteiger charge is 2.52. The van der Waals surface area contributed by atoms with Crippen molar-refractivity contribution in [3.63, 3.8) is 0 Å². The second-order valence-electron chi connectivity index (χ2n) is 9.49. The number of rotatable bonds is 5. The van der Waals surface area contributed by atoms with Crippen LogP contribution in [0.5, 0.6) is 0 Å². The van der Waals surface area contributed by atoms with Gasteiger partial charge in [0.05, 0.1) is 5.92 Å². The smallest absolute Gasteiger partial charge is 0.307 e. The van der Waals surface area contributed by atoms with E-state index in [1.54, 1.807) is 11.8 Å². The van der Waals surface area contributed by atoms with Gasteiger partial charge in [0, 0.05) is 39.9 Å². The van der Waals surface area contributed by atoms with Gasteiger partial charge in [-0.1, -0.05) is 60.8 Å². The van der Waals surface area contributed by atoms with Crippen LogP contribution < -0.4 is 0 Å². The van der Waals surface area contributed by atoms with Crippen LogP contribution in [0.4, 0.5) is 0 Å². The predicted molar refractivity (Wildman–Crippen MR) is 126 cm³/mol. The molecule has 4 atom stereocenters. The lowest BCUT2D eigenvalue weighted by molar-refractivity contribution is -0.143. The van der Waals surface area contributed by atoms with E-state index in [4.69, 9.17) is 11.6 Å². The molecule has 0 amide bonds. The van der Waals surface area contributed by atoms with Gasteiger partial charge in [-0.2, -0.15) is 0 Å². The normalized spacial score (nSPS) is 29.2. The summed E-state index contributed by atoms with van der Waals surface area (Å²) in [5, 5.41) is 11.0. The molecule has 2 aromatic rings. The number of carboxylic acid groups (broad SMARTS) is 1. The van der Waals surface area contributed by atoms with Crippen molar-refractivity contribution in [3.8, 4) is 0 Å². The Hall–Kier alpha value is -1.49. The number of hydrogen-bond donors (Lipinski definition) is 1. The van der Waals surface area contributed by atoms with Gasteiger partial charge in [0.25, 0.3) is 0 Å². The number of fused-ring (bicyclic) bond motifs is 2. The van der Waals surface area contributed by atoms with Crippen molar-refractivity contribution in [3.05, 3.63) is 59.1 Å². The quantitative estimate of drug-likeness (QED) is 0.554. The number of nitrogens with zero attached hydrogens (tertiary/aromatic N) is 1. The van der Waals surface area contributed by atoms with Gasteiger partial charge in [0.2, 0.25) is 0 Å². The molecule has 0 aromatic heterocycles. The number of benzene rings is 2. The van der Waals surface area contributed by atoms with E-state index in [0.717, 1.165) is 29.4 Å². The average Bonchev–Trinajstić information content (AvgIpc) is 3.06. The Bertz CT molecular complexity index is 927. The van der Waals surface area contributed by atoms with Crippen LogP contribution in [0.1, 0.15) is 50.0 Å². The molecular weight excluding hydrogens is 426 g/mol. The van der Waals surface area contributed by atoms with Crippen molar-refractivity contribution in [2.24, 2.45) is 17.8 Å². The van der Waals surface area contributed by atoms with Gasteiger partial charge < -0.3 is 5.11 Å². The number of carboxylic acids is 1. The Labute approximate surface area is 194 Å². The molecule has 1 N–H and O–H groups in total. The Kier molecular flexibility index (Phi) is 6.32. The maximum Gasteiger partial charge on any atom is 0.307 e. The minimum absolute atomic E-state index is 0.0899. The molecule has 0 spiro atoms. The summed E-state index contributed by atoms with van der Waals surface area (Å²) in [4.78, 5) is 17.4. The molecule has 1 heterocycles. The zero-order valence-corrected chi connectivity index (χ0v) is 19.3. The third kappa shape index (κ3) is 4.40. The first-order valence-corrected chi connectivity index (χ1v) is 12.8. The third-order valence-corrected chi connectivity index (χ3v) is 8.99. The topological polar surface area (TPSA) is 40.5 Å². The molecule has 3 aliphatic rings. The predicted octanol–water partition coefficient (Wildman–Crippen LogP) is 6.56. The Morgan fingerprint density at radius 3 is 2.42 bits per heavy atom. The number of likely N-dealkylation sites (tertiary alicyclic amines) is 1. The molecule has 1 aliphatic heterocycles. The molecule has 2 aromatic carbocycles. The first-order chi connectivity index (χ1) is 15.1. The molecule has 31 heavy (non-hydrogen) atoms. The minimum Gasteiger partial charge on any atom is -0.481 e. The van der Waals surface area contributed by atoms with E-state index in [9.17, 15) is 9.90 Å². The Morgan fingerprint density at radius 1 is 0.968 bits per heavy atom. The van der Waals surface area contributed by atoms with E-state index in [0.29, 0.717) is 12.0 Å². The molecule has 3 fully saturated rings. The lowest BCUT2D eigenvalue weighted by Gasteiger charge is -2.40. The summed E-state index contributed by atoms with van der Waals surface area (Å²) in [5.41, 5.74) is 1.22. The fourth-order valence-corrected chi connectivity index (χ4v) is 7.47. The number of carbonyl (C=O) groups is 1. The molecule has 5 heteroatoms. The van der Waals surface area contributed by atoms with Crippen LogP contribution in [-0.4, -0.2) is 35.1 Å². The van der Waals surface area contributed by atoms with E-state index in [1.165, 1.54) is 42.6 Å². The molecule has 1 saturated heterocycles. The highest BCUT2D eigenvalue weighted by Crippen LogP contribution is 2.53. The molecule has 0 radical (unpaired) electrons. The van der Waals surface area contributed by atoms with Crippen molar-refractivity contribution in [1.29, 1.82) is 0 Å². The third-order valence-electron chi connectivity index (χ3n) is 7.64. The zero-order valence-electron chi connectivity index (χ0n) is 17.8. The zero-order chi connectivity index (χ0) is 21.4. The van der Waals surface area contributed by atoms with Crippen LogP contribution in [0.25, 0.3) is 0 Å². The summed E-state index contributed by atoms with van der Waals surface area (Å²) < 4.78 is 0. The van der Waals surface area contributed by atoms with Gasteiger partial charge in [-0.3, -0.25) is 9.69 Å². The molecule has 0 unspecified atom stereocenters. The van der Waals surface area contributed by atoms with Gasteiger partial charge >= 0.3 is 5.97 Å².